The number of hydrogen-bond acceptors (Lipinski definition) is 5. The van der Waals surface area contributed by atoms with Gasteiger partial charge in [0, 0.05) is 33.2 Å². The molecule has 7 nitrogen and oxygen atoms in total. The standard InChI is InChI=1S/C18H25N5O2/c1-3-22-16(24)14-15(20(2)18(22)25)19-17-21(10-7-11-23(14)17)12-13-8-5-4-6-9-13/h4-6,8-9,14-15,17,19H,3,7,10-12H2,1-2H3. The topological polar surface area (TPSA) is 59.1 Å². The second kappa shape index (κ2) is 6.40. The number of benzene rings is 1. The second-order valence-corrected chi connectivity index (χ2v) is 6.95. The average Bonchev–Trinajstić information content (AvgIpc) is 3.02. The van der Waals surface area contributed by atoms with Gasteiger partial charge in [-0.25, -0.2) is 4.79 Å². The van der Waals surface area contributed by atoms with E-state index in [9.17, 15) is 9.59 Å². The number of imide groups is 1. The minimum absolute atomic E-state index is 0.0139. The number of nitrogens with zero attached hydrogens (tertiary/aromatic N) is 4. The molecule has 0 radical (unpaired) electrons. The molecule has 1 aromatic carbocycles. The molecule has 0 saturated carbocycles. The Bertz CT molecular complexity index is 667. The number of carbonyl (C=O) groups is 2. The predicted octanol–water partition coefficient (Wildman–Crippen LogP) is 0.690. The van der Waals surface area contributed by atoms with E-state index in [1.54, 1.807) is 11.9 Å². The number of hydrogen-bond donors (Lipinski definition) is 1. The van der Waals surface area contributed by atoms with E-state index in [2.05, 4.69) is 27.2 Å². The van der Waals surface area contributed by atoms with Gasteiger partial charge in [0.2, 0.25) is 0 Å². The minimum atomic E-state index is -0.300. The zero-order valence-corrected chi connectivity index (χ0v) is 14.8. The summed E-state index contributed by atoms with van der Waals surface area (Å²) in [6.07, 6.45) is 0.745. The Labute approximate surface area is 148 Å². The summed E-state index contributed by atoms with van der Waals surface area (Å²) in [6.45, 7) is 4.94. The van der Waals surface area contributed by atoms with Crippen molar-refractivity contribution in [2.75, 3.05) is 26.7 Å². The highest BCUT2D eigenvalue weighted by atomic mass is 16.2. The van der Waals surface area contributed by atoms with Gasteiger partial charge < -0.3 is 4.90 Å². The molecule has 3 saturated heterocycles. The van der Waals surface area contributed by atoms with Gasteiger partial charge in [0.25, 0.3) is 5.91 Å². The second-order valence-electron chi connectivity index (χ2n) is 6.95. The maximum Gasteiger partial charge on any atom is 0.327 e. The first-order valence-electron chi connectivity index (χ1n) is 8.99. The van der Waals surface area contributed by atoms with Gasteiger partial charge >= 0.3 is 6.03 Å². The molecule has 25 heavy (non-hydrogen) atoms. The van der Waals surface area contributed by atoms with Crippen LogP contribution in [0.5, 0.6) is 0 Å². The molecule has 0 bridgehead atoms. The highest BCUT2D eigenvalue weighted by molar-refractivity contribution is 6.00. The van der Waals surface area contributed by atoms with Crippen LogP contribution in [0.1, 0.15) is 18.9 Å². The Balaban J connectivity index is 1.59. The first-order valence-corrected chi connectivity index (χ1v) is 8.99. The van der Waals surface area contributed by atoms with Crippen molar-refractivity contribution in [3.05, 3.63) is 35.9 Å². The Hall–Kier alpha value is -1.96. The summed E-state index contributed by atoms with van der Waals surface area (Å²) >= 11 is 0. The molecule has 134 valence electrons. The first-order chi connectivity index (χ1) is 12.1. The fourth-order valence-corrected chi connectivity index (χ4v) is 4.27. The van der Waals surface area contributed by atoms with Gasteiger partial charge in [0.15, 0.2) is 0 Å². The molecule has 3 atom stereocenters. The summed E-state index contributed by atoms with van der Waals surface area (Å²) in [7, 11) is 1.78. The highest BCUT2D eigenvalue weighted by Gasteiger charge is 2.55. The van der Waals surface area contributed by atoms with Gasteiger partial charge in [-0.3, -0.25) is 24.8 Å². The van der Waals surface area contributed by atoms with Crippen LogP contribution in [0.2, 0.25) is 0 Å². The molecule has 3 heterocycles. The largest absolute Gasteiger partial charge is 0.327 e. The van der Waals surface area contributed by atoms with E-state index in [0.29, 0.717) is 6.54 Å². The van der Waals surface area contributed by atoms with Crippen LogP contribution < -0.4 is 5.32 Å². The van der Waals surface area contributed by atoms with Crippen LogP contribution in [0.25, 0.3) is 0 Å². The van der Waals surface area contributed by atoms with E-state index >= 15 is 0 Å². The number of fused-ring (bicyclic) bond motifs is 3. The van der Waals surface area contributed by atoms with Crippen LogP contribution in [-0.4, -0.2) is 76.7 Å². The molecule has 3 fully saturated rings. The van der Waals surface area contributed by atoms with Crippen LogP contribution in [0, 0.1) is 0 Å². The van der Waals surface area contributed by atoms with Crippen LogP contribution in [0.15, 0.2) is 30.3 Å². The highest BCUT2D eigenvalue weighted by Crippen LogP contribution is 2.31. The zero-order chi connectivity index (χ0) is 17.6. The summed E-state index contributed by atoms with van der Waals surface area (Å²) in [5.41, 5.74) is 1.26. The van der Waals surface area contributed by atoms with Gasteiger partial charge in [0.05, 0.1) is 0 Å². The summed E-state index contributed by atoms with van der Waals surface area (Å²) in [5.74, 6) is -0.0767. The number of amides is 3. The fourth-order valence-electron chi connectivity index (χ4n) is 4.27. The van der Waals surface area contributed by atoms with Gasteiger partial charge in [0.1, 0.15) is 18.5 Å². The molecule has 3 aliphatic heterocycles. The van der Waals surface area contributed by atoms with Gasteiger partial charge in [-0.2, -0.15) is 0 Å². The van der Waals surface area contributed by atoms with Crippen molar-refractivity contribution in [3.8, 4) is 0 Å². The number of urea groups is 1. The summed E-state index contributed by atoms with van der Waals surface area (Å²) < 4.78 is 0. The Morgan fingerprint density at radius 2 is 1.92 bits per heavy atom. The van der Waals surface area contributed by atoms with Crippen LogP contribution in [0.4, 0.5) is 4.79 Å². The third kappa shape index (κ3) is 2.63. The number of rotatable bonds is 3. The first kappa shape index (κ1) is 16.5. The minimum Gasteiger partial charge on any atom is -0.310 e. The monoisotopic (exact) mass is 343 g/mol. The van der Waals surface area contributed by atoms with Crippen molar-refractivity contribution in [2.24, 2.45) is 0 Å². The average molecular weight is 343 g/mol. The Morgan fingerprint density at radius 1 is 1.16 bits per heavy atom. The smallest absolute Gasteiger partial charge is 0.310 e. The lowest BCUT2D eigenvalue weighted by molar-refractivity contribution is -0.139. The van der Waals surface area contributed by atoms with E-state index in [1.165, 1.54) is 10.5 Å². The lowest BCUT2D eigenvalue weighted by Crippen LogP contribution is -2.66. The van der Waals surface area contributed by atoms with Crippen molar-refractivity contribution in [1.29, 1.82) is 0 Å². The molecule has 1 aromatic rings. The van der Waals surface area contributed by atoms with Gasteiger partial charge in [-0.05, 0) is 18.9 Å². The molecule has 3 amide bonds. The molecule has 1 N–H and O–H groups in total. The summed E-state index contributed by atoms with van der Waals surface area (Å²) in [5, 5.41) is 3.53. The maximum absolute atomic E-state index is 12.9. The van der Waals surface area contributed by atoms with E-state index in [-0.39, 0.29) is 30.4 Å². The van der Waals surface area contributed by atoms with Crippen molar-refractivity contribution < 1.29 is 9.59 Å². The van der Waals surface area contributed by atoms with Gasteiger partial charge in [-0.15, -0.1) is 0 Å². The van der Waals surface area contributed by atoms with Crippen molar-refractivity contribution in [3.63, 3.8) is 0 Å². The van der Waals surface area contributed by atoms with Crippen LogP contribution in [0.3, 0.4) is 0 Å². The fraction of sp³-hybridized carbons (Fsp3) is 0.556. The normalized spacial score (nSPS) is 30.6. The summed E-state index contributed by atoms with van der Waals surface area (Å²) in [4.78, 5) is 33.0. The Morgan fingerprint density at radius 3 is 2.64 bits per heavy atom. The van der Waals surface area contributed by atoms with E-state index in [0.717, 1.165) is 26.1 Å². The van der Waals surface area contributed by atoms with Crippen molar-refractivity contribution in [2.45, 2.75) is 38.4 Å². The Kier molecular flexibility index (Phi) is 4.23. The molecule has 3 aliphatic rings. The van der Waals surface area contributed by atoms with Crippen molar-refractivity contribution >= 4 is 11.9 Å². The lowest BCUT2D eigenvalue weighted by atomic mass is 10.1. The zero-order valence-electron chi connectivity index (χ0n) is 14.8. The van der Waals surface area contributed by atoms with Gasteiger partial charge in [-0.1, -0.05) is 30.3 Å². The van der Waals surface area contributed by atoms with E-state index in [4.69, 9.17) is 0 Å². The summed E-state index contributed by atoms with van der Waals surface area (Å²) in [6, 6.07) is 9.86. The maximum atomic E-state index is 12.9. The van der Waals surface area contributed by atoms with Crippen LogP contribution >= 0.6 is 0 Å². The number of carbonyl (C=O) groups excluding carboxylic acids is 2. The SMILES string of the molecule is CCN1C(=O)C2C(NC3N(Cc4ccccc4)CCCN23)N(C)C1=O. The molecule has 0 aromatic heterocycles. The lowest BCUT2D eigenvalue weighted by Gasteiger charge is -2.43. The molecule has 0 aliphatic carbocycles. The molecule has 7 heteroatoms. The van der Waals surface area contributed by atoms with Crippen LogP contribution in [-0.2, 0) is 11.3 Å². The molecular formula is C18H25N5O2. The number of likely N-dealkylation sites (N-methyl/N-ethyl adjacent to an activating group) is 2. The molecule has 3 unspecified atom stereocenters. The van der Waals surface area contributed by atoms with Crippen molar-refractivity contribution in [1.82, 2.24) is 24.9 Å². The van der Waals surface area contributed by atoms with E-state index < -0.39 is 0 Å². The molecule has 4 rings (SSSR count). The predicted molar refractivity (Wildman–Crippen MR) is 93.2 cm³/mol. The number of nitrogens with one attached hydrogen (secondary N) is 1. The van der Waals surface area contributed by atoms with E-state index in [1.807, 2.05) is 25.1 Å². The molecule has 0 spiro atoms. The quantitative estimate of drug-likeness (QED) is 0.875. The third-order valence-corrected chi connectivity index (χ3v) is 5.51. The molecular weight excluding hydrogens is 318 g/mol. The third-order valence-electron chi connectivity index (χ3n) is 5.51.